The van der Waals surface area contributed by atoms with Gasteiger partial charge in [-0.1, -0.05) is 0 Å². The van der Waals surface area contributed by atoms with Crippen molar-refractivity contribution in [1.29, 1.82) is 0 Å². The minimum atomic E-state index is -3.82. The average Bonchev–Trinajstić information content (AvgIpc) is 2.48. The van der Waals surface area contributed by atoms with Crippen molar-refractivity contribution in [3.63, 3.8) is 0 Å². The van der Waals surface area contributed by atoms with Gasteiger partial charge in [-0.2, -0.15) is 0 Å². The highest BCUT2D eigenvalue weighted by Gasteiger charge is 2.28. The van der Waals surface area contributed by atoms with E-state index in [0.717, 1.165) is 25.5 Å². The first-order valence-corrected chi connectivity index (χ1v) is 8.41. The molecule has 0 radical (unpaired) electrons. The van der Waals surface area contributed by atoms with E-state index in [4.69, 9.17) is 4.74 Å². The van der Waals surface area contributed by atoms with E-state index in [0.29, 0.717) is 0 Å². The van der Waals surface area contributed by atoms with E-state index in [1.54, 1.807) is 0 Å². The molecule has 1 aromatic rings. The Kier molecular flexibility index (Phi) is 4.99. The summed E-state index contributed by atoms with van der Waals surface area (Å²) in [5, 5.41) is 14.2. The predicted octanol–water partition coefficient (Wildman–Crippen LogP) is 1.02. The van der Waals surface area contributed by atoms with Gasteiger partial charge in [-0.05, 0) is 38.4 Å². The predicted molar refractivity (Wildman–Crippen MR) is 80.5 cm³/mol. The quantitative estimate of drug-likeness (QED) is 0.616. The Balaban J connectivity index is 2.29. The minimum Gasteiger partial charge on any atom is -0.490 e. The van der Waals surface area contributed by atoms with Crippen LogP contribution >= 0.6 is 0 Å². The van der Waals surface area contributed by atoms with Crippen molar-refractivity contribution >= 4 is 15.7 Å². The number of piperidine rings is 1. The molecule has 1 fully saturated rings. The highest BCUT2D eigenvalue weighted by molar-refractivity contribution is 7.89. The van der Waals surface area contributed by atoms with Gasteiger partial charge in [0.05, 0.1) is 16.9 Å². The summed E-state index contributed by atoms with van der Waals surface area (Å²) < 4.78 is 32.3. The highest BCUT2D eigenvalue weighted by atomic mass is 32.2. The second kappa shape index (κ2) is 6.59. The van der Waals surface area contributed by atoms with Crippen LogP contribution in [0.3, 0.4) is 0 Å². The second-order valence-corrected chi connectivity index (χ2v) is 6.92. The number of sulfonamides is 1. The standard InChI is InChI=1S/C13H19N3O5S/c1-9-11(4-3-7-14-9)15-22(19,20)10-5-6-13(21-2)12(8-10)16(17)18/h5-6,8-9,11,14-15H,3-4,7H2,1-2H3. The molecule has 1 saturated heterocycles. The van der Waals surface area contributed by atoms with Crippen LogP contribution in [-0.4, -0.2) is 39.1 Å². The van der Waals surface area contributed by atoms with Gasteiger partial charge in [-0.3, -0.25) is 10.1 Å². The van der Waals surface area contributed by atoms with E-state index in [9.17, 15) is 18.5 Å². The number of benzene rings is 1. The Morgan fingerprint density at radius 3 is 2.77 bits per heavy atom. The average molecular weight is 329 g/mol. The van der Waals surface area contributed by atoms with Gasteiger partial charge in [0.15, 0.2) is 5.75 Å². The van der Waals surface area contributed by atoms with Crippen LogP contribution in [0.5, 0.6) is 5.75 Å². The Bertz CT molecular complexity index is 662. The van der Waals surface area contributed by atoms with Gasteiger partial charge in [0.2, 0.25) is 10.0 Å². The number of nitro groups is 1. The number of methoxy groups -OCH3 is 1. The Hall–Kier alpha value is -1.71. The van der Waals surface area contributed by atoms with E-state index in [-0.39, 0.29) is 28.4 Å². The van der Waals surface area contributed by atoms with Crippen molar-refractivity contribution in [3.8, 4) is 5.75 Å². The first-order chi connectivity index (χ1) is 10.3. The molecule has 1 aliphatic heterocycles. The van der Waals surface area contributed by atoms with Gasteiger partial charge in [-0.15, -0.1) is 0 Å². The maximum Gasteiger partial charge on any atom is 0.312 e. The third kappa shape index (κ3) is 3.54. The van der Waals surface area contributed by atoms with Gasteiger partial charge >= 0.3 is 5.69 Å². The van der Waals surface area contributed by atoms with Gasteiger partial charge in [0, 0.05) is 18.2 Å². The zero-order valence-electron chi connectivity index (χ0n) is 12.4. The third-order valence-electron chi connectivity index (χ3n) is 3.73. The van der Waals surface area contributed by atoms with Crippen molar-refractivity contribution in [1.82, 2.24) is 10.0 Å². The normalized spacial score (nSPS) is 22.3. The van der Waals surface area contributed by atoms with Crippen LogP contribution in [0.15, 0.2) is 23.1 Å². The Labute approximate surface area is 129 Å². The van der Waals surface area contributed by atoms with Crippen LogP contribution < -0.4 is 14.8 Å². The third-order valence-corrected chi connectivity index (χ3v) is 5.21. The fourth-order valence-corrected chi connectivity index (χ4v) is 3.82. The van der Waals surface area contributed by atoms with Crippen LogP contribution in [0, 0.1) is 10.1 Å². The van der Waals surface area contributed by atoms with Gasteiger partial charge in [-0.25, -0.2) is 13.1 Å². The van der Waals surface area contributed by atoms with Crippen molar-refractivity contribution in [2.24, 2.45) is 0 Å². The van der Waals surface area contributed by atoms with Crippen molar-refractivity contribution in [3.05, 3.63) is 28.3 Å². The van der Waals surface area contributed by atoms with Gasteiger partial charge in [0.1, 0.15) is 0 Å². The molecule has 1 heterocycles. The molecule has 2 rings (SSSR count). The van der Waals surface area contributed by atoms with Crippen LogP contribution in [0.1, 0.15) is 19.8 Å². The zero-order valence-corrected chi connectivity index (χ0v) is 13.2. The maximum atomic E-state index is 12.4. The fraction of sp³-hybridized carbons (Fsp3) is 0.538. The molecule has 2 atom stereocenters. The monoisotopic (exact) mass is 329 g/mol. The molecule has 122 valence electrons. The molecule has 0 spiro atoms. The van der Waals surface area contributed by atoms with E-state index in [2.05, 4.69) is 10.0 Å². The number of hydrogen-bond acceptors (Lipinski definition) is 6. The van der Waals surface area contributed by atoms with Crippen molar-refractivity contribution in [2.45, 2.75) is 36.7 Å². The molecule has 0 saturated carbocycles. The van der Waals surface area contributed by atoms with Crippen LogP contribution in [0.2, 0.25) is 0 Å². The number of ether oxygens (including phenoxy) is 1. The highest BCUT2D eigenvalue weighted by Crippen LogP contribution is 2.29. The maximum absolute atomic E-state index is 12.4. The van der Waals surface area contributed by atoms with Gasteiger partial charge in [0.25, 0.3) is 0 Å². The van der Waals surface area contributed by atoms with Gasteiger partial charge < -0.3 is 10.1 Å². The largest absolute Gasteiger partial charge is 0.490 e. The lowest BCUT2D eigenvalue weighted by Gasteiger charge is -2.30. The first kappa shape index (κ1) is 16.7. The number of nitrogens with zero attached hydrogens (tertiary/aromatic N) is 1. The van der Waals surface area contributed by atoms with Crippen LogP contribution in [0.25, 0.3) is 0 Å². The Morgan fingerprint density at radius 1 is 1.45 bits per heavy atom. The molecule has 1 aliphatic rings. The number of nitrogens with one attached hydrogen (secondary N) is 2. The summed E-state index contributed by atoms with van der Waals surface area (Å²) in [6.07, 6.45) is 1.60. The molecule has 0 bridgehead atoms. The molecule has 2 unspecified atom stereocenters. The van der Waals surface area contributed by atoms with Crippen molar-refractivity contribution in [2.75, 3.05) is 13.7 Å². The minimum absolute atomic E-state index is 0.0109. The molecule has 0 aliphatic carbocycles. The lowest BCUT2D eigenvalue weighted by Crippen LogP contribution is -2.51. The van der Waals surface area contributed by atoms with Crippen LogP contribution in [0.4, 0.5) is 5.69 Å². The topological polar surface area (TPSA) is 111 Å². The molecular formula is C13H19N3O5S. The van der Waals surface area contributed by atoms with E-state index in [1.807, 2.05) is 6.92 Å². The van der Waals surface area contributed by atoms with Crippen LogP contribution in [-0.2, 0) is 10.0 Å². The van der Waals surface area contributed by atoms with E-state index in [1.165, 1.54) is 19.2 Å². The Morgan fingerprint density at radius 2 is 2.18 bits per heavy atom. The summed E-state index contributed by atoms with van der Waals surface area (Å²) in [4.78, 5) is 10.2. The molecule has 0 aromatic heterocycles. The summed E-state index contributed by atoms with van der Waals surface area (Å²) in [5.74, 6) is 0.0247. The smallest absolute Gasteiger partial charge is 0.312 e. The molecule has 9 heteroatoms. The number of nitro benzene ring substituents is 1. The zero-order chi connectivity index (χ0) is 16.3. The SMILES string of the molecule is COc1ccc(S(=O)(=O)NC2CCCNC2C)cc1[N+](=O)[O-]. The fourth-order valence-electron chi connectivity index (χ4n) is 2.45. The summed E-state index contributed by atoms with van der Waals surface area (Å²) in [7, 11) is -2.53. The molecule has 1 aromatic carbocycles. The molecule has 8 nitrogen and oxygen atoms in total. The lowest BCUT2D eigenvalue weighted by atomic mass is 10.0. The van der Waals surface area contributed by atoms with E-state index >= 15 is 0 Å². The molecule has 2 N–H and O–H groups in total. The first-order valence-electron chi connectivity index (χ1n) is 6.93. The molecule has 0 amide bonds. The number of hydrogen-bond donors (Lipinski definition) is 2. The summed E-state index contributed by atoms with van der Waals surface area (Å²) >= 11 is 0. The lowest BCUT2D eigenvalue weighted by molar-refractivity contribution is -0.386. The molecule has 22 heavy (non-hydrogen) atoms. The van der Waals surface area contributed by atoms with E-state index < -0.39 is 14.9 Å². The summed E-state index contributed by atoms with van der Waals surface area (Å²) in [6.45, 7) is 2.76. The summed E-state index contributed by atoms with van der Waals surface area (Å²) in [6, 6.07) is 3.38. The molecular weight excluding hydrogens is 310 g/mol. The second-order valence-electron chi connectivity index (χ2n) is 5.20. The summed E-state index contributed by atoms with van der Waals surface area (Å²) in [5.41, 5.74) is -0.375. The number of rotatable bonds is 5. The van der Waals surface area contributed by atoms with Crippen molar-refractivity contribution < 1.29 is 18.1 Å².